The Morgan fingerprint density at radius 3 is 3.19 bits per heavy atom. The fraction of sp³-hybridized carbons (Fsp3) is 0.438. The highest BCUT2D eigenvalue weighted by Crippen LogP contribution is 2.19. The van der Waals surface area contributed by atoms with Crippen molar-refractivity contribution >= 4 is 11.3 Å². The summed E-state index contributed by atoms with van der Waals surface area (Å²) in [5, 5.41) is 8.81. The summed E-state index contributed by atoms with van der Waals surface area (Å²) in [6, 6.07) is 4.32. The maximum absolute atomic E-state index is 5.67. The molecule has 0 saturated carbocycles. The molecule has 0 aromatic carbocycles. The Hall–Kier alpha value is -1.43. The van der Waals surface area contributed by atoms with Crippen LogP contribution < -0.4 is 0 Å². The maximum atomic E-state index is 5.67. The Kier molecular flexibility index (Phi) is 4.85. The number of hydrogen-bond donors (Lipinski definition) is 0. The summed E-state index contributed by atoms with van der Waals surface area (Å²) >= 11 is 1.76. The van der Waals surface area contributed by atoms with Crippen LogP contribution in [0.25, 0.3) is 0 Å². The zero-order chi connectivity index (χ0) is 14.5. The topological polar surface area (TPSA) is 30.3 Å². The van der Waals surface area contributed by atoms with E-state index in [1.807, 2.05) is 6.20 Å². The average molecular weight is 303 g/mol. The average Bonchev–Trinajstić information content (AvgIpc) is 3.09. The number of hydrogen-bond acceptors (Lipinski definition) is 4. The summed E-state index contributed by atoms with van der Waals surface area (Å²) in [5.41, 5.74) is 2.68. The zero-order valence-corrected chi connectivity index (χ0v) is 13.0. The first-order valence-electron chi connectivity index (χ1n) is 7.28. The first-order chi connectivity index (χ1) is 10.3. The molecule has 21 heavy (non-hydrogen) atoms. The number of fused-ring (bicyclic) bond motifs is 1. The van der Waals surface area contributed by atoms with Gasteiger partial charge < -0.3 is 4.74 Å². The number of rotatable bonds is 6. The highest BCUT2D eigenvalue weighted by atomic mass is 32.1. The Bertz CT molecular complexity index is 564. The fourth-order valence-electron chi connectivity index (χ4n) is 2.80. The van der Waals surface area contributed by atoms with Crippen molar-refractivity contribution in [1.82, 2.24) is 14.7 Å². The van der Waals surface area contributed by atoms with E-state index in [0.717, 1.165) is 32.8 Å². The van der Waals surface area contributed by atoms with Gasteiger partial charge in [0.05, 0.1) is 18.9 Å². The molecule has 4 nitrogen and oxygen atoms in total. The minimum atomic E-state index is 0.463. The van der Waals surface area contributed by atoms with Crippen molar-refractivity contribution in [3.8, 4) is 0 Å². The molecule has 0 N–H and O–H groups in total. The van der Waals surface area contributed by atoms with E-state index in [1.54, 1.807) is 17.4 Å². The molecule has 2 aromatic heterocycles. The van der Waals surface area contributed by atoms with Crippen LogP contribution in [0.1, 0.15) is 11.3 Å². The van der Waals surface area contributed by atoms with Crippen LogP contribution in [0, 0.1) is 5.92 Å². The fourth-order valence-corrected chi connectivity index (χ4v) is 3.46. The van der Waals surface area contributed by atoms with Crippen LogP contribution in [0.2, 0.25) is 0 Å². The van der Waals surface area contributed by atoms with Crippen LogP contribution in [0.4, 0.5) is 0 Å². The molecular weight excluding hydrogens is 282 g/mol. The Morgan fingerprint density at radius 1 is 1.43 bits per heavy atom. The van der Waals surface area contributed by atoms with E-state index >= 15 is 0 Å². The molecule has 5 heteroatoms. The predicted octanol–water partition coefficient (Wildman–Crippen LogP) is 2.78. The normalized spacial score (nSPS) is 19.1. The third kappa shape index (κ3) is 3.81. The lowest BCUT2D eigenvalue weighted by Gasteiger charge is -2.23. The summed E-state index contributed by atoms with van der Waals surface area (Å²) < 4.78 is 7.79. The van der Waals surface area contributed by atoms with Crippen LogP contribution >= 0.6 is 11.3 Å². The number of thiophene rings is 1. The molecule has 0 radical (unpaired) electrons. The van der Waals surface area contributed by atoms with Crippen molar-refractivity contribution in [3.63, 3.8) is 0 Å². The maximum Gasteiger partial charge on any atom is 0.0645 e. The molecule has 0 fully saturated rings. The van der Waals surface area contributed by atoms with Gasteiger partial charge in [0.1, 0.15) is 0 Å². The van der Waals surface area contributed by atoms with Crippen molar-refractivity contribution < 1.29 is 4.74 Å². The van der Waals surface area contributed by atoms with Gasteiger partial charge in [0.15, 0.2) is 0 Å². The minimum absolute atomic E-state index is 0.463. The van der Waals surface area contributed by atoms with Crippen molar-refractivity contribution in [2.24, 2.45) is 5.92 Å². The molecule has 0 amide bonds. The number of nitrogens with zero attached hydrogens (tertiary/aromatic N) is 3. The van der Waals surface area contributed by atoms with E-state index in [4.69, 9.17) is 4.74 Å². The second-order valence-electron chi connectivity index (χ2n) is 5.50. The van der Waals surface area contributed by atoms with Gasteiger partial charge in [-0.15, -0.1) is 6.58 Å². The molecule has 0 spiro atoms. The first-order valence-corrected chi connectivity index (χ1v) is 8.22. The van der Waals surface area contributed by atoms with Crippen molar-refractivity contribution in [1.29, 1.82) is 0 Å². The monoisotopic (exact) mass is 303 g/mol. The summed E-state index contributed by atoms with van der Waals surface area (Å²) in [7, 11) is 0. The van der Waals surface area contributed by atoms with Gasteiger partial charge in [0.25, 0.3) is 0 Å². The highest BCUT2D eigenvalue weighted by molar-refractivity contribution is 7.07. The van der Waals surface area contributed by atoms with Gasteiger partial charge in [-0.05, 0) is 28.5 Å². The zero-order valence-electron chi connectivity index (χ0n) is 12.1. The van der Waals surface area contributed by atoms with Gasteiger partial charge in [0.2, 0.25) is 0 Å². The lowest BCUT2D eigenvalue weighted by molar-refractivity contribution is 0.0933. The van der Waals surface area contributed by atoms with Crippen LogP contribution in [0.3, 0.4) is 0 Å². The second kappa shape index (κ2) is 7.02. The minimum Gasteiger partial charge on any atom is -0.377 e. The second-order valence-corrected chi connectivity index (χ2v) is 6.28. The largest absolute Gasteiger partial charge is 0.377 e. The molecule has 0 bridgehead atoms. The van der Waals surface area contributed by atoms with Crippen molar-refractivity contribution in [2.75, 3.05) is 19.8 Å². The molecule has 2 aromatic rings. The van der Waals surface area contributed by atoms with Gasteiger partial charge in [-0.1, -0.05) is 6.08 Å². The van der Waals surface area contributed by atoms with E-state index in [2.05, 4.69) is 44.2 Å². The third-order valence-electron chi connectivity index (χ3n) is 3.71. The van der Waals surface area contributed by atoms with Gasteiger partial charge in [0, 0.05) is 38.3 Å². The van der Waals surface area contributed by atoms with Crippen LogP contribution in [-0.4, -0.2) is 34.4 Å². The summed E-state index contributed by atoms with van der Waals surface area (Å²) in [6.45, 7) is 8.99. The number of ether oxygens (including phenoxy) is 1. The number of aromatic nitrogens is 2. The van der Waals surface area contributed by atoms with Gasteiger partial charge in [-0.3, -0.25) is 9.58 Å². The molecule has 1 atom stereocenters. The highest BCUT2D eigenvalue weighted by Gasteiger charge is 2.22. The van der Waals surface area contributed by atoms with Crippen LogP contribution in [0.15, 0.2) is 41.7 Å². The Labute approximate surface area is 129 Å². The summed E-state index contributed by atoms with van der Waals surface area (Å²) in [6.07, 6.45) is 3.70. The SMILES string of the molecule is C=CCOCC1CN(Cc2ccsc2)Cc2ccnn2C1. The van der Waals surface area contributed by atoms with Gasteiger partial charge >= 0.3 is 0 Å². The molecule has 1 aliphatic rings. The van der Waals surface area contributed by atoms with Gasteiger partial charge in [-0.2, -0.15) is 16.4 Å². The molecular formula is C16H21N3OS. The Balaban J connectivity index is 1.69. The standard InChI is InChI=1S/C16H21N3OS/c1-2-6-20-12-15-9-18(8-14-4-7-21-13-14)11-16-3-5-17-19(16)10-15/h2-5,7,13,15H,1,6,8-12H2. The Morgan fingerprint density at radius 2 is 2.38 bits per heavy atom. The third-order valence-corrected chi connectivity index (χ3v) is 4.45. The van der Waals surface area contributed by atoms with Crippen molar-refractivity contribution in [2.45, 2.75) is 19.6 Å². The summed E-state index contributed by atoms with van der Waals surface area (Å²) in [4.78, 5) is 2.49. The first kappa shape index (κ1) is 14.5. The van der Waals surface area contributed by atoms with E-state index in [9.17, 15) is 0 Å². The predicted molar refractivity (Wildman–Crippen MR) is 85.2 cm³/mol. The van der Waals surface area contributed by atoms with E-state index in [-0.39, 0.29) is 0 Å². The van der Waals surface area contributed by atoms with Crippen molar-refractivity contribution in [3.05, 3.63) is 53.0 Å². The van der Waals surface area contributed by atoms with Gasteiger partial charge in [-0.25, -0.2) is 0 Å². The molecule has 1 unspecified atom stereocenters. The van der Waals surface area contributed by atoms with E-state index in [0.29, 0.717) is 12.5 Å². The molecule has 0 saturated heterocycles. The molecule has 1 aliphatic heterocycles. The molecule has 112 valence electrons. The molecule has 3 rings (SSSR count). The van der Waals surface area contributed by atoms with E-state index in [1.165, 1.54) is 11.3 Å². The lowest BCUT2D eigenvalue weighted by atomic mass is 10.1. The van der Waals surface area contributed by atoms with E-state index < -0.39 is 0 Å². The molecule has 0 aliphatic carbocycles. The lowest BCUT2D eigenvalue weighted by Crippen LogP contribution is -2.30. The smallest absolute Gasteiger partial charge is 0.0645 e. The quantitative estimate of drug-likeness (QED) is 0.607. The summed E-state index contributed by atoms with van der Waals surface area (Å²) in [5.74, 6) is 0.463. The van der Waals surface area contributed by atoms with Crippen LogP contribution in [-0.2, 0) is 24.4 Å². The molecule has 3 heterocycles. The van der Waals surface area contributed by atoms with Crippen LogP contribution in [0.5, 0.6) is 0 Å².